The van der Waals surface area contributed by atoms with Crippen molar-refractivity contribution >= 4 is 22.3 Å². The molecule has 0 amide bonds. The molecule has 21 heavy (non-hydrogen) atoms. The summed E-state index contributed by atoms with van der Waals surface area (Å²) in [5, 5.41) is 16.9. The van der Waals surface area contributed by atoms with Crippen LogP contribution >= 0.6 is 0 Å². The number of sulfonamides is 1. The molecule has 1 rings (SSSR count). The number of carboxylic acid groups (broad SMARTS) is 1. The normalized spacial score (nSPS) is 12.8. The van der Waals surface area contributed by atoms with Gasteiger partial charge in [0.1, 0.15) is 12.3 Å². The Balaban J connectivity index is 2.59. The number of aliphatic carboxylic acids is 1. The van der Waals surface area contributed by atoms with E-state index >= 15 is 0 Å². The van der Waals surface area contributed by atoms with Crippen LogP contribution in [0.3, 0.4) is 0 Å². The topological polar surface area (TPSA) is 127 Å². The molecule has 4 N–H and O–H groups in total. The molecule has 0 aliphatic carbocycles. The Morgan fingerprint density at radius 1 is 1.33 bits per heavy atom. The van der Waals surface area contributed by atoms with Gasteiger partial charge in [-0.3, -0.25) is 4.79 Å². The second-order valence-corrected chi connectivity index (χ2v) is 6.12. The molecule has 0 saturated carbocycles. The van der Waals surface area contributed by atoms with Gasteiger partial charge in [0.15, 0.2) is 0 Å². The third-order valence-electron chi connectivity index (χ3n) is 2.92. The molecule has 0 aliphatic heterocycles. The fourth-order valence-corrected chi connectivity index (χ4v) is 2.27. The Labute approximate surface area is 123 Å². The summed E-state index contributed by atoms with van der Waals surface area (Å²) in [6.07, 6.45) is 1.93. The molecule has 0 bridgehead atoms. The number of nitrogens with two attached hydrogens (primary N) is 1. The van der Waals surface area contributed by atoms with Crippen molar-refractivity contribution in [1.29, 1.82) is 0 Å². The van der Waals surface area contributed by atoms with Gasteiger partial charge in [0, 0.05) is 13.0 Å². The first-order valence-electron chi connectivity index (χ1n) is 6.36. The third kappa shape index (κ3) is 6.03. The Hall–Kier alpha value is -1.77. The summed E-state index contributed by atoms with van der Waals surface area (Å²) in [5.41, 5.74) is 0.740. The highest BCUT2D eigenvalue weighted by molar-refractivity contribution is 7.89. The van der Waals surface area contributed by atoms with Crippen LogP contribution in [-0.4, -0.2) is 31.8 Å². The van der Waals surface area contributed by atoms with E-state index in [-0.39, 0.29) is 11.4 Å². The molecular formula is C13H18N2O5S. The van der Waals surface area contributed by atoms with E-state index in [1.165, 1.54) is 12.1 Å². The number of primary sulfonamides is 1. The Morgan fingerprint density at radius 2 is 1.95 bits per heavy atom. The summed E-state index contributed by atoms with van der Waals surface area (Å²) >= 11 is 0. The lowest BCUT2D eigenvalue weighted by atomic mass is 10.1. The fourth-order valence-electron chi connectivity index (χ4n) is 1.76. The predicted octanol–water partition coefficient (Wildman–Crippen LogP) is 0.246. The first-order valence-corrected chi connectivity index (χ1v) is 7.91. The average molecular weight is 314 g/mol. The van der Waals surface area contributed by atoms with E-state index in [1.807, 2.05) is 0 Å². The van der Waals surface area contributed by atoms with Crippen molar-refractivity contribution < 1.29 is 23.1 Å². The Kier molecular flexibility index (Phi) is 6.47. The largest absolute Gasteiger partial charge is 0.480 e. The molecule has 1 aromatic rings. The lowest BCUT2D eigenvalue weighted by molar-refractivity contribution is -0.139. The van der Waals surface area contributed by atoms with Crippen molar-refractivity contribution in [2.24, 2.45) is 5.14 Å². The zero-order valence-electron chi connectivity index (χ0n) is 11.4. The van der Waals surface area contributed by atoms with Crippen LogP contribution in [0.1, 0.15) is 24.8 Å². The number of nitrogens with one attached hydrogen (secondary N) is 1. The van der Waals surface area contributed by atoms with Gasteiger partial charge in [0.05, 0.1) is 4.90 Å². The van der Waals surface area contributed by atoms with Crippen LogP contribution in [0, 0.1) is 0 Å². The fraction of sp³-hybridized carbons (Fsp3) is 0.385. The van der Waals surface area contributed by atoms with E-state index in [0.717, 1.165) is 11.8 Å². The van der Waals surface area contributed by atoms with Crippen LogP contribution in [0.15, 0.2) is 29.2 Å². The summed E-state index contributed by atoms with van der Waals surface area (Å²) in [4.78, 5) is 21.3. The minimum Gasteiger partial charge on any atom is -0.480 e. The minimum absolute atomic E-state index is 0.00650. The maximum atomic E-state index is 11.1. The molecule has 7 nitrogen and oxygen atoms in total. The van der Waals surface area contributed by atoms with Crippen molar-refractivity contribution in [3.63, 3.8) is 0 Å². The first kappa shape index (κ1) is 17.3. The van der Waals surface area contributed by atoms with E-state index < -0.39 is 22.0 Å². The van der Waals surface area contributed by atoms with Gasteiger partial charge in [0.25, 0.3) is 0 Å². The number of benzene rings is 1. The van der Waals surface area contributed by atoms with E-state index in [4.69, 9.17) is 10.2 Å². The molecule has 1 aromatic carbocycles. The summed E-state index contributed by atoms with van der Waals surface area (Å²) in [6, 6.07) is 5.12. The standard InChI is InChI=1S/C13H18N2O5S/c14-21(19,20)11-6-4-10(5-7-11)9-15-12(13(17)18)3-1-2-8-16/h4-8,12,15H,1-3,9H2,(H,17,18)(H2,14,19,20). The average Bonchev–Trinajstić information content (AvgIpc) is 2.41. The molecule has 0 radical (unpaired) electrons. The summed E-state index contributed by atoms with van der Waals surface area (Å²) in [7, 11) is -3.73. The molecular weight excluding hydrogens is 296 g/mol. The zero-order valence-corrected chi connectivity index (χ0v) is 12.2. The molecule has 0 saturated heterocycles. The van der Waals surface area contributed by atoms with Crippen molar-refractivity contribution in [1.82, 2.24) is 5.32 Å². The number of carbonyl (C=O) groups excluding carboxylic acids is 1. The minimum atomic E-state index is -3.73. The van der Waals surface area contributed by atoms with Crippen molar-refractivity contribution in [2.45, 2.75) is 36.7 Å². The highest BCUT2D eigenvalue weighted by Crippen LogP contribution is 2.09. The third-order valence-corrected chi connectivity index (χ3v) is 3.85. The van der Waals surface area contributed by atoms with Crippen molar-refractivity contribution in [3.8, 4) is 0 Å². The van der Waals surface area contributed by atoms with Gasteiger partial charge >= 0.3 is 5.97 Å². The lowest BCUT2D eigenvalue weighted by Gasteiger charge is -2.14. The summed E-state index contributed by atoms with van der Waals surface area (Å²) < 4.78 is 22.2. The van der Waals surface area contributed by atoms with Crippen LogP contribution in [-0.2, 0) is 26.2 Å². The number of hydrogen-bond donors (Lipinski definition) is 3. The van der Waals surface area contributed by atoms with Crippen molar-refractivity contribution in [3.05, 3.63) is 29.8 Å². The summed E-state index contributed by atoms with van der Waals surface area (Å²) in [5.74, 6) is -0.984. The number of rotatable bonds is 9. The smallest absolute Gasteiger partial charge is 0.320 e. The van der Waals surface area contributed by atoms with Gasteiger partial charge in [-0.05, 0) is 30.5 Å². The van der Waals surface area contributed by atoms with E-state index in [2.05, 4.69) is 5.32 Å². The number of unbranched alkanes of at least 4 members (excludes halogenated alkanes) is 1. The monoisotopic (exact) mass is 314 g/mol. The number of hydrogen-bond acceptors (Lipinski definition) is 5. The SMILES string of the molecule is NS(=O)(=O)c1ccc(CNC(CCCC=O)C(=O)O)cc1. The van der Waals surface area contributed by atoms with Crippen LogP contribution in [0.2, 0.25) is 0 Å². The zero-order chi connectivity index (χ0) is 15.9. The van der Waals surface area contributed by atoms with Gasteiger partial charge < -0.3 is 15.2 Å². The molecule has 1 atom stereocenters. The summed E-state index contributed by atoms with van der Waals surface area (Å²) in [6.45, 7) is 0.281. The first-order chi connectivity index (χ1) is 9.84. The molecule has 116 valence electrons. The molecule has 0 heterocycles. The number of aldehydes is 1. The van der Waals surface area contributed by atoms with Gasteiger partial charge in [-0.15, -0.1) is 0 Å². The molecule has 0 aliphatic rings. The van der Waals surface area contributed by atoms with Gasteiger partial charge in [-0.2, -0.15) is 0 Å². The molecule has 8 heteroatoms. The van der Waals surface area contributed by atoms with E-state index in [9.17, 15) is 18.0 Å². The molecule has 0 fully saturated rings. The highest BCUT2D eigenvalue weighted by atomic mass is 32.2. The quantitative estimate of drug-likeness (QED) is 0.443. The predicted molar refractivity (Wildman–Crippen MR) is 76.0 cm³/mol. The van der Waals surface area contributed by atoms with Gasteiger partial charge in [-0.1, -0.05) is 12.1 Å². The Morgan fingerprint density at radius 3 is 2.43 bits per heavy atom. The molecule has 1 unspecified atom stereocenters. The van der Waals surface area contributed by atoms with E-state index in [0.29, 0.717) is 19.3 Å². The highest BCUT2D eigenvalue weighted by Gasteiger charge is 2.16. The second-order valence-electron chi connectivity index (χ2n) is 4.56. The van der Waals surface area contributed by atoms with Gasteiger partial charge in [0.2, 0.25) is 10.0 Å². The van der Waals surface area contributed by atoms with Crippen LogP contribution in [0.4, 0.5) is 0 Å². The van der Waals surface area contributed by atoms with Crippen molar-refractivity contribution in [2.75, 3.05) is 0 Å². The Bertz CT molecular complexity index is 583. The van der Waals surface area contributed by atoms with E-state index in [1.54, 1.807) is 12.1 Å². The number of carbonyl (C=O) groups is 2. The van der Waals surface area contributed by atoms with Gasteiger partial charge in [-0.25, -0.2) is 13.6 Å². The second kappa shape index (κ2) is 7.87. The van der Waals surface area contributed by atoms with Crippen LogP contribution in [0.5, 0.6) is 0 Å². The lowest BCUT2D eigenvalue weighted by Crippen LogP contribution is -2.36. The molecule has 0 spiro atoms. The number of carboxylic acids is 1. The van der Waals surface area contributed by atoms with Crippen LogP contribution < -0.4 is 10.5 Å². The maximum absolute atomic E-state index is 11.1. The maximum Gasteiger partial charge on any atom is 0.320 e. The van der Waals surface area contributed by atoms with Crippen LogP contribution in [0.25, 0.3) is 0 Å². The molecule has 0 aromatic heterocycles.